The molecule has 0 bridgehead atoms. The SMILES string of the molecule is CN(C)Cc1cc(Cl)c(O)c(CN(C)C)c1Cl. The maximum Gasteiger partial charge on any atom is 0.140 e. The summed E-state index contributed by atoms with van der Waals surface area (Å²) in [5.74, 6) is 0.0767. The van der Waals surface area contributed by atoms with Gasteiger partial charge in [-0.1, -0.05) is 23.2 Å². The molecule has 0 spiro atoms. The van der Waals surface area contributed by atoms with Crippen LogP contribution in [-0.4, -0.2) is 43.1 Å². The molecule has 1 aromatic rings. The molecule has 3 nitrogen and oxygen atoms in total. The number of hydrogen-bond acceptors (Lipinski definition) is 3. The molecular formula is C12H18Cl2N2O. The monoisotopic (exact) mass is 276 g/mol. The second kappa shape index (κ2) is 5.91. The molecule has 0 aliphatic carbocycles. The first-order valence-corrected chi connectivity index (χ1v) is 6.06. The van der Waals surface area contributed by atoms with Crippen molar-refractivity contribution in [2.45, 2.75) is 13.1 Å². The number of aromatic hydroxyl groups is 1. The van der Waals surface area contributed by atoms with Gasteiger partial charge in [-0.3, -0.25) is 0 Å². The molecule has 0 fully saturated rings. The third-order valence-corrected chi connectivity index (χ3v) is 3.08. The van der Waals surface area contributed by atoms with E-state index >= 15 is 0 Å². The lowest BCUT2D eigenvalue weighted by Gasteiger charge is -2.18. The van der Waals surface area contributed by atoms with Gasteiger partial charge in [0, 0.05) is 18.7 Å². The maximum absolute atomic E-state index is 9.93. The second-order valence-electron chi connectivity index (χ2n) is 4.63. The topological polar surface area (TPSA) is 26.7 Å². The van der Waals surface area contributed by atoms with E-state index in [1.54, 1.807) is 6.07 Å². The van der Waals surface area contributed by atoms with E-state index in [0.29, 0.717) is 28.7 Å². The standard InChI is InChI=1S/C12H18Cl2N2O/c1-15(2)6-8-5-10(13)12(17)9(11(8)14)7-16(3)4/h5,17H,6-7H2,1-4H3. The van der Waals surface area contributed by atoms with Crippen molar-refractivity contribution >= 4 is 23.2 Å². The van der Waals surface area contributed by atoms with E-state index in [4.69, 9.17) is 23.2 Å². The van der Waals surface area contributed by atoms with Gasteiger partial charge in [0.2, 0.25) is 0 Å². The van der Waals surface area contributed by atoms with Crippen LogP contribution in [0.3, 0.4) is 0 Å². The molecule has 0 aromatic heterocycles. The molecule has 5 heteroatoms. The normalized spacial score (nSPS) is 11.5. The van der Waals surface area contributed by atoms with Crippen molar-refractivity contribution < 1.29 is 5.11 Å². The Morgan fingerprint density at radius 1 is 1.06 bits per heavy atom. The summed E-state index contributed by atoms with van der Waals surface area (Å²) in [5, 5.41) is 10.9. The molecule has 0 unspecified atom stereocenters. The van der Waals surface area contributed by atoms with Crippen LogP contribution in [0.5, 0.6) is 5.75 Å². The van der Waals surface area contributed by atoms with E-state index in [1.165, 1.54) is 0 Å². The fourth-order valence-corrected chi connectivity index (χ4v) is 2.15. The minimum Gasteiger partial charge on any atom is -0.506 e. The third-order valence-electron chi connectivity index (χ3n) is 2.32. The Hall–Kier alpha value is -0.480. The van der Waals surface area contributed by atoms with Gasteiger partial charge in [0.25, 0.3) is 0 Å². The largest absolute Gasteiger partial charge is 0.506 e. The number of rotatable bonds is 4. The summed E-state index contributed by atoms with van der Waals surface area (Å²) < 4.78 is 0. The molecule has 0 aliphatic rings. The zero-order chi connectivity index (χ0) is 13.2. The molecular weight excluding hydrogens is 259 g/mol. The van der Waals surface area contributed by atoms with E-state index in [2.05, 4.69) is 0 Å². The van der Waals surface area contributed by atoms with Crippen molar-refractivity contribution in [1.29, 1.82) is 0 Å². The van der Waals surface area contributed by atoms with E-state index < -0.39 is 0 Å². The second-order valence-corrected chi connectivity index (χ2v) is 5.42. The Labute approximate surface area is 113 Å². The Balaban J connectivity index is 3.22. The highest BCUT2D eigenvalue weighted by Gasteiger charge is 2.16. The van der Waals surface area contributed by atoms with Crippen molar-refractivity contribution in [2.24, 2.45) is 0 Å². The third kappa shape index (κ3) is 3.75. The molecule has 0 saturated heterocycles. The number of nitrogens with zero attached hydrogens (tertiary/aromatic N) is 2. The molecule has 96 valence electrons. The van der Waals surface area contributed by atoms with E-state index in [1.807, 2.05) is 38.0 Å². The van der Waals surface area contributed by atoms with Crippen molar-refractivity contribution in [2.75, 3.05) is 28.2 Å². The summed E-state index contributed by atoms with van der Waals surface area (Å²) in [6.07, 6.45) is 0. The molecule has 0 aliphatic heterocycles. The molecule has 0 amide bonds. The van der Waals surface area contributed by atoms with Crippen LogP contribution >= 0.6 is 23.2 Å². The van der Waals surface area contributed by atoms with Crippen LogP contribution in [0, 0.1) is 0 Å². The Bertz CT molecular complexity index is 406. The highest BCUT2D eigenvalue weighted by Crippen LogP contribution is 2.36. The summed E-state index contributed by atoms with van der Waals surface area (Å²) in [4.78, 5) is 3.95. The number of phenols is 1. The Kier molecular flexibility index (Phi) is 5.07. The lowest BCUT2D eigenvalue weighted by atomic mass is 10.1. The van der Waals surface area contributed by atoms with Crippen LogP contribution in [0.25, 0.3) is 0 Å². The van der Waals surface area contributed by atoms with Crippen molar-refractivity contribution in [3.05, 3.63) is 27.2 Å². The van der Waals surface area contributed by atoms with E-state index in [0.717, 1.165) is 5.56 Å². The van der Waals surface area contributed by atoms with Crippen molar-refractivity contribution in [3.8, 4) is 5.75 Å². The smallest absolute Gasteiger partial charge is 0.140 e. The molecule has 0 radical (unpaired) electrons. The number of hydrogen-bond donors (Lipinski definition) is 1. The van der Waals surface area contributed by atoms with E-state index in [9.17, 15) is 5.11 Å². The van der Waals surface area contributed by atoms with Gasteiger partial charge in [-0.2, -0.15) is 0 Å². The minimum atomic E-state index is 0.0767. The Morgan fingerprint density at radius 2 is 1.59 bits per heavy atom. The van der Waals surface area contributed by atoms with Gasteiger partial charge in [0.15, 0.2) is 0 Å². The van der Waals surface area contributed by atoms with Crippen LogP contribution in [0.4, 0.5) is 0 Å². The highest BCUT2D eigenvalue weighted by molar-refractivity contribution is 6.35. The number of benzene rings is 1. The van der Waals surface area contributed by atoms with Gasteiger partial charge >= 0.3 is 0 Å². The van der Waals surface area contributed by atoms with Gasteiger partial charge in [-0.15, -0.1) is 0 Å². The summed E-state index contributed by atoms with van der Waals surface area (Å²) in [5.41, 5.74) is 1.61. The maximum atomic E-state index is 9.93. The molecule has 0 heterocycles. The number of phenolic OH excluding ortho intramolecular Hbond substituents is 1. The lowest BCUT2D eigenvalue weighted by Crippen LogP contribution is -2.14. The molecule has 0 atom stereocenters. The van der Waals surface area contributed by atoms with Crippen LogP contribution in [0.15, 0.2) is 6.07 Å². The van der Waals surface area contributed by atoms with Crippen molar-refractivity contribution in [1.82, 2.24) is 9.80 Å². The Morgan fingerprint density at radius 3 is 2.06 bits per heavy atom. The fourth-order valence-electron chi connectivity index (χ4n) is 1.64. The number of halogens is 2. The quantitative estimate of drug-likeness (QED) is 0.916. The summed E-state index contributed by atoms with van der Waals surface area (Å²) in [6, 6.07) is 1.72. The summed E-state index contributed by atoms with van der Waals surface area (Å²) >= 11 is 12.3. The van der Waals surface area contributed by atoms with Gasteiger partial charge < -0.3 is 14.9 Å². The zero-order valence-corrected chi connectivity index (χ0v) is 12.1. The van der Waals surface area contributed by atoms with Gasteiger partial charge in [0.1, 0.15) is 5.75 Å². The van der Waals surface area contributed by atoms with Crippen LogP contribution < -0.4 is 0 Å². The molecule has 0 saturated carbocycles. The molecule has 1 aromatic carbocycles. The highest BCUT2D eigenvalue weighted by atomic mass is 35.5. The predicted molar refractivity (Wildman–Crippen MR) is 72.9 cm³/mol. The van der Waals surface area contributed by atoms with Crippen LogP contribution in [-0.2, 0) is 13.1 Å². The van der Waals surface area contributed by atoms with Gasteiger partial charge in [-0.05, 0) is 39.8 Å². The lowest BCUT2D eigenvalue weighted by molar-refractivity contribution is 0.382. The molecule has 1 N–H and O–H groups in total. The van der Waals surface area contributed by atoms with Crippen LogP contribution in [0.2, 0.25) is 10.0 Å². The minimum absolute atomic E-state index is 0.0767. The molecule has 1 rings (SSSR count). The van der Waals surface area contributed by atoms with E-state index in [-0.39, 0.29) is 5.75 Å². The van der Waals surface area contributed by atoms with Crippen LogP contribution in [0.1, 0.15) is 11.1 Å². The van der Waals surface area contributed by atoms with Gasteiger partial charge in [-0.25, -0.2) is 0 Å². The average Bonchev–Trinajstić information content (AvgIpc) is 2.20. The molecule has 17 heavy (non-hydrogen) atoms. The first kappa shape index (κ1) is 14.6. The predicted octanol–water partition coefficient (Wildman–Crippen LogP) is 2.82. The first-order valence-electron chi connectivity index (χ1n) is 5.31. The first-order chi connectivity index (χ1) is 7.82. The van der Waals surface area contributed by atoms with Crippen molar-refractivity contribution in [3.63, 3.8) is 0 Å². The fraction of sp³-hybridized carbons (Fsp3) is 0.500. The zero-order valence-electron chi connectivity index (χ0n) is 10.6. The summed E-state index contributed by atoms with van der Waals surface area (Å²) in [6.45, 7) is 1.25. The summed E-state index contributed by atoms with van der Waals surface area (Å²) in [7, 11) is 7.76. The average molecular weight is 277 g/mol. The van der Waals surface area contributed by atoms with Gasteiger partial charge in [0.05, 0.1) is 10.0 Å².